The maximum atomic E-state index is 13.0. The molecule has 0 aliphatic carbocycles. The molecule has 0 aliphatic heterocycles. The van der Waals surface area contributed by atoms with Crippen molar-refractivity contribution in [3.05, 3.63) is 58.6 Å². The number of hydrogen-bond acceptors (Lipinski definition) is 2. The van der Waals surface area contributed by atoms with Gasteiger partial charge in [-0.3, -0.25) is 9.59 Å². The van der Waals surface area contributed by atoms with E-state index in [1.54, 1.807) is 5.32 Å². The summed E-state index contributed by atoms with van der Waals surface area (Å²) in [6.07, 6.45) is -9.42. The first-order valence-electron chi connectivity index (χ1n) is 7.04. The molecule has 0 unspecified atom stereocenters. The first-order chi connectivity index (χ1) is 12.4. The first-order valence-corrected chi connectivity index (χ1v) is 7.42. The van der Waals surface area contributed by atoms with Crippen molar-refractivity contribution < 1.29 is 35.9 Å². The predicted octanol–water partition coefficient (Wildman–Crippen LogP) is 4.95. The number of amides is 2. The highest BCUT2D eigenvalue weighted by atomic mass is 35.5. The van der Waals surface area contributed by atoms with Gasteiger partial charge < -0.3 is 10.6 Å². The summed E-state index contributed by atoms with van der Waals surface area (Å²) in [5.41, 5.74) is -3.07. The Hall–Kier alpha value is -2.75. The lowest BCUT2D eigenvalue weighted by atomic mass is 10.1. The number of halogens is 7. The maximum Gasteiger partial charge on any atom is 0.418 e. The number of carbonyl (C=O) groups is 2. The van der Waals surface area contributed by atoms with Gasteiger partial charge in [-0.15, -0.1) is 0 Å². The Bertz CT molecular complexity index is 863. The van der Waals surface area contributed by atoms with Crippen LogP contribution in [0.1, 0.15) is 11.1 Å². The van der Waals surface area contributed by atoms with Gasteiger partial charge in [-0.2, -0.15) is 26.3 Å². The molecular formula is C16H9ClF6N2O2. The summed E-state index contributed by atoms with van der Waals surface area (Å²) in [5.74, 6) is -2.81. The van der Waals surface area contributed by atoms with Crippen LogP contribution in [0, 0.1) is 0 Å². The van der Waals surface area contributed by atoms with Gasteiger partial charge in [0.1, 0.15) is 0 Å². The average molecular weight is 411 g/mol. The highest BCUT2D eigenvalue weighted by Gasteiger charge is 2.35. The van der Waals surface area contributed by atoms with Crippen LogP contribution in [0.2, 0.25) is 5.02 Å². The summed E-state index contributed by atoms with van der Waals surface area (Å²) in [5, 5.41) is 3.55. The van der Waals surface area contributed by atoms with Gasteiger partial charge in [0.05, 0.1) is 16.8 Å². The summed E-state index contributed by atoms with van der Waals surface area (Å²) in [6, 6.07) is 5.68. The van der Waals surface area contributed by atoms with Gasteiger partial charge in [-0.1, -0.05) is 11.6 Å². The highest BCUT2D eigenvalue weighted by Crippen LogP contribution is 2.36. The molecule has 0 aromatic heterocycles. The third-order valence-corrected chi connectivity index (χ3v) is 3.45. The number of rotatable bonds is 2. The monoisotopic (exact) mass is 410 g/mol. The van der Waals surface area contributed by atoms with Gasteiger partial charge in [0.15, 0.2) is 0 Å². The predicted molar refractivity (Wildman–Crippen MR) is 85.2 cm³/mol. The molecule has 2 aromatic rings. The minimum atomic E-state index is -4.84. The minimum Gasteiger partial charge on any atom is -0.318 e. The molecule has 0 heterocycles. The van der Waals surface area contributed by atoms with E-state index in [2.05, 4.69) is 0 Å². The fourth-order valence-corrected chi connectivity index (χ4v) is 2.14. The lowest BCUT2D eigenvalue weighted by molar-refractivity contribution is -0.138. The van der Waals surface area contributed by atoms with Gasteiger partial charge in [0.25, 0.3) is 0 Å². The molecule has 0 bridgehead atoms. The molecule has 2 amide bonds. The fourth-order valence-electron chi connectivity index (χ4n) is 1.97. The second-order valence-corrected chi connectivity index (χ2v) is 5.61. The van der Waals surface area contributed by atoms with Crippen molar-refractivity contribution in [3.63, 3.8) is 0 Å². The summed E-state index contributed by atoms with van der Waals surface area (Å²) in [4.78, 5) is 23.6. The third kappa shape index (κ3) is 5.36. The van der Waals surface area contributed by atoms with Gasteiger partial charge in [-0.25, -0.2) is 0 Å². The molecule has 0 radical (unpaired) electrons. The Morgan fingerprint density at radius 1 is 0.778 bits per heavy atom. The molecule has 0 spiro atoms. The highest BCUT2D eigenvalue weighted by molar-refractivity contribution is 6.43. The lowest BCUT2D eigenvalue weighted by Crippen LogP contribution is -2.30. The number of hydrogen-bond donors (Lipinski definition) is 2. The summed E-state index contributed by atoms with van der Waals surface area (Å²) >= 11 is 5.50. The zero-order valence-electron chi connectivity index (χ0n) is 13.0. The molecule has 0 atom stereocenters. The van der Waals surface area contributed by atoms with E-state index in [-0.39, 0.29) is 10.7 Å². The van der Waals surface area contributed by atoms with Gasteiger partial charge >= 0.3 is 24.2 Å². The zero-order valence-corrected chi connectivity index (χ0v) is 13.8. The maximum absolute atomic E-state index is 13.0. The molecule has 11 heteroatoms. The topological polar surface area (TPSA) is 58.2 Å². The van der Waals surface area contributed by atoms with Crippen molar-refractivity contribution >= 4 is 34.8 Å². The molecule has 2 aromatic carbocycles. The molecule has 0 fully saturated rings. The number of anilines is 2. The summed E-state index contributed by atoms with van der Waals surface area (Å²) in [6.45, 7) is 0. The Morgan fingerprint density at radius 2 is 1.33 bits per heavy atom. The van der Waals surface area contributed by atoms with Crippen molar-refractivity contribution in [2.75, 3.05) is 10.6 Å². The molecule has 0 saturated heterocycles. The molecular weight excluding hydrogens is 402 g/mol. The van der Waals surface area contributed by atoms with E-state index < -0.39 is 41.0 Å². The van der Waals surface area contributed by atoms with Crippen LogP contribution in [0.5, 0.6) is 0 Å². The van der Waals surface area contributed by atoms with E-state index in [0.717, 1.165) is 24.3 Å². The van der Waals surface area contributed by atoms with Crippen LogP contribution in [-0.4, -0.2) is 11.8 Å². The van der Waals surface area contributed by atoms with Crippen LogP contribution in [0.4, 0.5) is 37.7 Å². The van der Waals surface area contributed by atoms with E-state index in [1.165, 1.54) is 0 Å². The second kappa shape index (κ2) is 7.47. The third-order valence-electron chi connectivity index (χ3n) is 3.21. The summed E-state index contributed by atoms with van der Waals surface area (Å²) in [7, 11) is 0. The van der Waals surface area contributed by atoms with Gasteiger partial charge in [0, 0.05) is 10.7 Å². The SMILES string of the molecule is O=C(Nc1ccc(C(F)(F)F)cc1)C(=O)Nc1ccc(Cl)cc1C(F)(F)F. The van der Waals surface area contributed by atoms with E-state index in [9.17, 15) is 35.9 Å². The smallest absolute Gasteiger partial charge is 0.318 e. The van der Waals surface area contributed by atoms with Crippen LogP contribution < -0.4 is 10.6 Å². The normalized spacial score (nSPS) is 11.8. The lowest BCUT2D eigenvalue weighted by Gasteiger charge is -2.14. The molecule has 0 saturated carbocycles. The fraction of sp³-hybridized carbons (Fsp3) is 0.125. The number of nitrogens with one attached hydrogen (secondary N) is 2. The zero-order chi connectivity index (χ0) is 20.4. The molecule has 2 N–H and O–H groups in total. The van der Waals surface area contributed by atoms with E-state index in [0.29, 0.717) is 18.2 Å². The number of alkyl halides is 6. The second-order valence-electron chi connectivity index (χ2n) is 5.17. The Morgan fingerprint density at radius 3 is 1.85 bits per heavy atom. The van der Waals surface area contributed by atoms with Crippen molar-refractivity contribution in [1.82, 2.24) is 0 Å². The van der Waals surface area contributed by atoms with Crippen molar-refractivity contribution in [2.45, 2.75) is 12.4 Å². The molecule has 144 valence electrons. The number of benzene rings is 2. The largest absolute Gasteiger partial charge is 0.418 e. The van der Waals surface area contributed by atoms with Gasteiger partial charge in [-0.05, 0) is 42.5 Å². The van der Waals surface area contributed by atoms with E-state index in [4.69, 9.17) is 11.6 Å². The molecule has 27 heavy (non-hydrogen) atoms. The standard InChI is InChI=1S/C16H9ClF6N2O2/c17-9-3-6-12(11(7-9)16(21,22)23)25-14(27)13(26)24-10-4-1-8(2-5-10)15(18,19)20/h1-7H,(H,24,26)(H,25,27). The van der Waals surface area contributed by atoms with Gasteiger partial charge in [0.2, 0.25) is 0 Å². The quantitative estimate of drug-likeness (QED) is 0.543. The Kier molecular flexibility index (Phi) is 5.69. The van der Waals surface area contributed by atoms with Crippen molar-refractivity contribution in [2.24, 2.45) is 0 Å². The van der Waals surface area contributed by atoms with Crippen LogP contribution >= 0.6 is 11.6 Å². The summed E-state index contributed by atoms with van der Waals surface area (Å²) < 4.78 is 76.3. The van der Waals surface area contributed by atoms with E-state index in [1.807, 2.05) is 5.32 Å². The molecule has 4 nitrogen and oxygen atoms in total. The van der Waals surface area contributed by atoms with Crippen LogP contribution in [-0.2, 0) is 21.9 Å². The van der Waals surface area contributed by atoms with Crippen molar-refractivity contribution in [1.29, 1.82) is 0 Å². The average Bonchev–Trinajstić information content (AvgIpc) is 2.55. The molecule has 0 aliphatic rings. The van der Waals surface area contributed by atoms with Crippen LogP contribution in [0.3, 0.4) is 0 Å². The Balaban J connectivity index is 2.12. The molecule has 2 rings (SSSR count). The number of carbonyl (C=O) groups excluding carboxylic acids is 2. The first kappa shape index (κ1) is 20.6. The van der Waals surface area contributed by atoms with E-state index >= 15 is 0 Å². The van der Waals surface area contributed by atoms with Crippen molar-refractivity contribution in [3.8, 4) is 0 Å². The van der Waals surface area contributed by atoms with Crippen LogP contribution in [0.25, 0.3) is 0 Å². The minimum absolute atomic E-state index is 0.143. The van der Waals surface area contributed by atoms with Crippen LogP contribution in [0.15, 0.2) is 42.5 Å². The Labute approximate surface area is 153 Å².